The minimum Gasteiger partial charge on any atom is -0.397 e. The number of nitrogens with two attached hydrogens (primary N) is 1. The summed E-state index contributed by atoms with van der Waals surface area (Å²) in [5, 5.41) is 2.62. The number of halogens is 3. The van der Waals surface area contributed by atoms with Crippen molar-refractivity contribution in [2.45, 2.75) is 19.5 Å². The Labute approximate surface area is 123 Å². The summed E-state index contributed by atoms with van der Waals surface area (Å²) in [6, 6.07) is 0. The van der Waals surface area contributed by atoms with E-state index in [1.165, 1.54) is 25.9 Å². The van der Waals surface area contributed by atoms with Crippen LogP contribution in [0.3, 0.4) is 0 Å². The number of anilines is 2. The minimum atomic E-state index is -4.30. The lowest BCUT2D eigenvalue weighted by Crippen LogP contribution is -2.27. The number of rotatable bonds is 5. The number of carbonyl (C=O) groups excluding carboxylic acids is 2. The highest BCUT2D eigenvalue weighted by atomic mass is 32.1. The van der Waals surface area contributed by atoms with Gasteiger partial charge in [-0.1, -0.05) is 0 Å². The Morgan fingerprint density at radius 3 is 2.38 bits per heavy atom. The van der Waals surface area contributed by atoms with E-state index in [0.29, 0.717) is 0 Å². The third-order valence-corrected chi connectivity index (χ3v) is 4.20. The summed E-state index contributed by atoms with van der Waals surface area (Å²) in [4.78, 5) is 24.8. The van der Waals surface area contributed by atoms with Crippen LogP contribution < -0.4 is 16.0 Å². The summed E-state index contributed by atoms with van der Waals surface area (Å²) in [6.45, 7) is 0.958. The second kappa shape index (κ2) is 6.33. The Morgan fingerprint density at radius 1 is 1.38 bits per heavy atom. The van der Waals surface area contributed by atoms with Crippen LogP contribution in [0.2, 0.25) is 0 Å². The molecule has 3 N–H and O–H groups in total. The first-order valence-corrected chi connectivity index (χ1v) is 6.83. The molecule has 0 aliphatic carbocycles. The second-order valence-electron chi connectivity index (χ2n) is 4.45. The standard InChI is InChI=1S/C12H16F3N3O2S/c1-6(19)9-8(16)7(10(20)17-2)11(21-9)18(3)5-4-12(13,14)15/h4-5,16H2,1-3H3,(H,17,20). The summed E-state index contributed by atoms with van der Waals surface area (Å²) >= 11 is 0.920. The van der Waals surface area contributed by atoms with Gasteiger partial charge in [0.2, 0.25) is 0 Å². The molecule has 0 atom stereocenters. The monoisotopic (exact) mass is 323 g/mol. The number of ketones is 1. The van der Waals surface area contributed by atoms with Gasteiger partial charge in [-0.3, -0.25) is 9.59 Å². The maximum atomic E-state index is 12.3. The van der Waals surface area contributed by atoms with Crippen molar-refractivity contribution in [2.75, 3.05) is 31.3 Å². The molecule has 0 aliphatic rings. The molecule has 5 nitrogen and oxygen atoms in total. The fourth-order valence-electron chi connectivity index (χ4n) is 1.70. The number of thiophene rings is 1. The van der Waals surface area contributed by atoms with E-state index in [1.54, 1.807) is 0 Å². The van der Waals surface area contributed by atoms with Crippen LogP contribution in [0.1, 0.15) is 33.4 Å². The molecule has 0 spiro atoms. The van der Waals surface area contributed by atoms with Crippen LogP contribution >= 0.6 is 11.3 Å². The van der Waals surface area contributed by atoms with Crippen LogP contribution in [-0.4, -0.2) is 38.5 Å². The summed E-state index contributed by atoms with van der Waals surface area (Å²) in [6.07, 6.45) is -5.32. The number of hydrogen-bond donors (Lipinski definition) is 2. The highest BCUT2D eigenvalue weighted by Crippen LogP contribution is 2.38. The fraction of sp³-hybridized carbons (Fsp3) is 0.500. The van der Waals surface area contributed by atoms with Gasteiger partial charge in [0.25, 0.3) is 5.91 Å². The lowest BCUT2D eigenvalue weighted by molar-refractivity contribution is -0.132. The predicted octanol–water partition coefficient (Wildman–Crippen LogP) is 2.28. The average molecular weight is 323 g/mol. The van der Waals surface area contributed by atoms with Crippen molar-refractivity contribution < 1.29 is 22.8 Å². The summed E-state index contributed by atoms with van der Waals surface area (Å²) < 4.78 is 36.9. The number of hydrogen-bond acceptors (Lipinski definition) is 5. The smallest absolute Gasteiger partial charge is 0.390 e. The molecule has 1 rings (SSSR count). The van der Waals surface area contributed by atoms with E-state index in [4.69, 9.17) is 5.73 Å². The average Bonchev–Trinajstić information content (AvgIpc) is 2.72. The second-order valence-corrected chi connectivity index (χ2v) is 5.45. The number of nitrogens with zero attached hydrogens (tertiary/aromatic N) is 1. The number of carbonyl (C=O) groups is 2. The van der Waals surface area contributed by atoms with E-state index >= 15 is 0 Å². The molecule has 1 heterocycles. The molecule has 0 aliphatic heterocycles. The van der Waals surface area contributed by atoms with Gasteiger partial charge in [-0.15, -0.1) is 11.3 Å². The molecule has 1 amide bonds. The van der Waals surface area contributed by atoms with E-state index in [0.717, 1.165) is 11.3 Å². The lowest BCUT2D eigenvalue weighted by Gasteiger charge is -2.19. The van der Waals surface area contributed by atoms with E-state index in [2.05, 4.69) is 5.32 Å². The first-order chi connectivity index (χ1) is 9.58. The highest BCUT2D eigenvalue weighted by Gasteiger charge is 2.30. The van der Waals surface area contributed by atoms with Crippen molar-refractivity contribution in [1.29, 1.82) is 0 Å². The maximum absolute atomic E-state index is 12.3. The van der Waals surface area contributed by atoms with Gasteiger partial charge in [-0.05, 0) is 0 Å². The Bertz CT molecular complexity index is 555. The Morgan fingerprint density at radius 2 is 1.95 bits per heavy atom. The molecule has 0 radical (unpaired) electrons. The molecule has 0 unspecified atom stereocenters. The van der Waals surface area contributed by atoms with Crippen molar-refractivity contribution in [2.24, 2.45) is 0 Å². The molecule has 0 aromatic carbocycles. The molecular weight excluding hydrogens is 307 g/mol. The number of alkyl halides is 3. The van der Waals surface area contributed by atoms with Crippen LogP contribution in [0.5, 0.6) is 0 Å². The highest BCUT2D eigenvalue weighted by molar-refractivity contribution is 7.19. The largest absolute Gasteiger partial charge is 0.397 e. The first kappa shape index (κ1) is 17.3. The molecule has 118 valence electrons. The van der Waals surface area contributed by atoms with Crippen LogP contribution in [0.15, 0.2) is 0 Å². The van der Waals surface area contributed by atoms with Gasteiger partial charge in [0.1, 0.15) is 5.00 Å². The normalized spacial score (nSPS) is 11.3. The third kappa shape index (κ3) is 4.10. The van der Waals surface area contributed by atoms with Crippen LogP contribution in [0, 0.1) is 0 Å². The lowest BCUT2D eigenvalue weighted by atomic mass is 10.2. The van der Waals surface area contributed by atoms with Crippen LogP contribution in [-0.2, 0) is 0 Å². The molecule has 9 heteroatoms. The van der Waals surface area contributed by atoms with E-state index in [-0.39, 0.29) is 33.5 Å². The van der Waals surface area contributed by atoms with Crippen molar-refractivity contribution in [3.63, 3.8) is 0 Å². The van der Waals surface area contributed by atoms with E-state index in [1.807, 2.05) is 0 Å². The molecule has 1 aromatic heterocycles. The topological polar surface area (TPSA) is 75.4 Å². The van der Waals surface area contributed by atoms with Gasteiger partial charge in [-0.2, -0.15) is 13.2 Å². The summed E-state index contributed by atoms with van der Waals surface area (Å²) in [5.41, 5.74) is 5.82. The zero-order chi connectivity index (χ0) is 16.4. The quantitative estimate of drug-likeness (QED) is 0.815. The molecule has 1 aromatic rings. The van der Waals surface area contributed by atoms with Crippen LogP contribution in [0.4, 0.5) is 23.9 Å². The Kier molecular flexibility index (Phi) is 5.21. The van der Waals surface area contributed by atoms with Gasteiger partial charge in [0.15, 0.2) is 5.78 Å². The number of nitrogen functional groups attached to an aromatic ring is 1. The Balaban J connectivity index is 3.18. The fourth-order valence-corrected chi connectivity index (χ4v) is 2.80. The van der Waals surface area contributed by atoms with E-state index < -0.39 is 18.5 Å². The zero-order valence-electron chi connectivity index (χ0n) is 11.8. The van der Waals surface area contributed by atoms with Gasteiger partial charge in [0, 0.05) is 27.6 Å². The third-order valence-electron chi connectivity index (χ3n) is 2.78. The minimum absolute atomic E-state index is 0.000656. The van der Waals surface area contributed by atoms with Crippen molar-refractivity contribution >= 4 is 33.7 Å². The van der Waals surface area contributed by atoms with Crippen molar-refractivity contribution in [3.05, 3.63) is 10.4 Å². The maximum Gasteiger partial charge on any atom is 0.390 e. The molecule has 0 bridgehead atoms. The Hall–Kier alpha value is -1.77. The number of nitrogens with one attached hydrogen (secondary N) is 1. The summed E-state index contributed by atoms with van der Waals surface area (Å²) in [7, 11) is 2.81. The van der Waals surface area contributed by atoms with Gasteiger partial charge in [0.05, 0.1) is 22.5 Å². The number of Topliss-reactive ketones (excluding diaryl/α,β-unsaturated/α-hetero) is 1. The zero-order valence-corrected chi connectivity index (χ0v) is 12.6. The summed E-state index contributed by atoms with van der Waals surface area (Å²) in [5.74, 6) is -0.872. The molecule has 0 saturated carbocycles. The predicted molar refractivity (Wildman–Crippen MR) is 76.1 cm³/mol. The van der Waals surface area contributed by atoms with Crippen molar-refractivity contribution in [1.82, 2.24) is 5.32 Å². The molecule has 0 saturated heterocycles. The van der Waals surface area contributed by atoms with Gasteiger partial charge in [-0.25, -0.2) is 0 Å². The van der Waals surface area contributed by atoms with E-state index in [9.17, 15) is 22.8 Å². The SMILES string of the molecule is CNC(=O)c1c(N(C)CCC(F)(F)F)sc(C(C)=O)c1N. The van der Waals surface area contributed by atoms with Gasteiger partial charge < -0.3 is 16.0 Å². The van der Waals surface area contributed by atoms with Crippen LogP contribution in [0.25, 0.3) is 0 Å². The molecule has 21 heavy (non-hydrogen) atoms. The molecule has 0 fully saturated rings. The van der Waals surface area contributed by atoms with Gasteiger partial charge >= 0.3 is 6.18 Å². The first-order valence-electron chi connectivity index (χ1n) is 6.01. The van der Waals surface area contributed by atoms with Crippen molar-refractivity contribution in [3.8, 4) is 0 Å². The number of amides is 1. The molecular formula is C12H16F3N3O2S.